The smallest absolute Gasteiger partial charge is 0.220 e. The number of ether oxygens (including phenoxy) is 2. The third kappa shape index (κ3) is 4.56. The van der Waals surface area contributed by atoms with Crippen molar-refractivity contribution in [3.05, 3.63) is 41.2 Å². The number of nitrogens with one attached hydrogen (secondary N) is 1. The van der Waals surface area contributed by atoms with Gasteiger partial charge in [-0.05, 0) is 44.4 Å². The molecule has 0 aliphatic rings. The highest BCUT2D eigenvalue weighted by Gasteiger charge is 2.16. The zero-order chi connectivity index (χ0) is 21.7. The number of fused-ring (bicyclic) bond motifs is 1. The van der Waals surface area contributed by atoms with E-state index >= 15 is 0 Å². The SMILES string of the molecule is CCCCNC(=O)CCc1c(C)nc2cc(-c3ccc(OC)cc3OC)nn2c1C. The molecule has 0 atom stereocenters. The lowest BCUT2D eigenvalue weighted by Gasteiger charge is -2.11. The molecule has 2 aromatic heterocycles. The molecular weight excluding hydrogens is 380 g/mol. The van der Waals surface area contributed by atoms with Crippen molar-refractivity contribution in [3.8, 4) is 22.8 Å². The highest BCUT2D eigenvalue weighted by molar-refractivity contribution is 5.76. The summed E-state index contributed by atoms with van der Waals surface area (Å²) < 4.78 is 12.7. The zero-order valence-corrected chi connectivity index (χ0v) is 18.4. The number of nitrogens with zero attached hydrogens (tertiary/aromatic N) is 3. The van der Waals surface area contributed by atoms with Crippen molar-refractivity contribution in [2.75, 3.05) is 20.8 Å². The maximum absolute atomic E-state index is 12.1. The fraction of sp³-hybridized carbons (Fsp3) is 0.435. The monoisotopic (exact) mass is 410 g/mol. The second-order valence-electron chi connectivity index (χ2n) is 7.33. The Balaban J connectivity index is 1.89. The fourth-order valence-electron chi connectivity index (χ4n) is 3.56. The third-order valence-corrected chi connectivity index (χ3v) is 5.30. The van der Waals surface area contributed by atoms with Gasteiger partial charge in [0.2, 0.25) is 5.91 Å². The van der Waals surface area contributed by atoms with E-state index in [-0.39, 0.29) is 5.91 Å². The molecule has 0 saturated carbocycles. The topological polar surface area (TPSA) is 77.8 Å². The van der Waals surface area contributed by atoms with Crippen LogP contribution in [0.2, 0.25) is 0 Å². The molecule has 1 aromatic carbocycles. The first kappa shape index (κ1) is 21.6. The van der Waals surface area contributed by atoms with Crippen LogP contribution in [0, 0.1) is 13.8 Å². The van der Waals surface area contributed by atoms with E-state index in [4.69, 9.17) is 19.6 Å². The molecule has 3 rings (SSSR count). The van der Waals surface area contributed by atoms with Crippen LogP contribution in [-0.2, 0) is 11.2 Å². The number of carbonyl (C=O) groups is 1. The van der Waals surface area contributed by atoms with Crippen LogP contribution in [0.3, 0.4) is 0 Å². The Labute approximate surface area is 177 Å². The summed E-state index contributed by atoms with van der Waals surface area (Å²) in [4.78, 5) is 16.8. The molecule has 0 saturated heterocycles. The van der Waals surface area contributed by atoms with Gasteiger partial charge in [-0.3, -0.25) is 4.79 Å². The maximum Gasteiger partial charge on any atom is 0.220 e. The minimum Gasteiger partial charge on any atom is -0.497 e. The predicted octanol–water partition coefficient (Wildman–Crippen LogP) is 3.88. The van der Waals surface area contributed by atoms with E-state index in [1.165, 1.54) is 0 Å². The van der Waals surface area contributed by atoms with Crippen molar-refractivity contribution in [1.82, 2.24) is 19.9 Å². The lowest BCUT2D eigenvalue weighted by molar-refractivity contribution is -0.121. The molecule has 1 amide bonds. The van der Waals surface area contributed by atoms with Crippen LogP contribution >= 0.6 is 0 Å². The van der Waals surface area contributed by atoms with Gasteiger partial charge in [-0.15, -0.1) is 0 Å². The van der Waals surface area contributed by atoms with E-state index in [2.05, 4.69) is 12.2 Å². The molecular formula is C23H30N4O3. The van der Waals surface area contributed by atoms with Crippen LogP contribution in [-0.4, -0.2) is 41.3 Å². The van der Waals surface area contributed by atoms with Gasteiger partial charge in [0.1, 0.15) is 11.5 Å². The predicted molar refractivity (Wildman–Crippen MR) is 117 cm³/mol. The largest absolute Gasteiger partial charge is 0.497 e. The molecule has 0 radical (unpaired) electrons. The van der Waals surface area contributed by atoms with Crippen LogP contribution < -0.4 is 14.8 Å². The quantitative estimate of drug-likeness (QED) is 0.542. The Morgan fingerprint density at radius 2 is 1.97 bits per heavy atom. The minimum absolute atomic E-state index is 0.0754. The van der Waals surface area contributed by atoms with Crippen LogP contribution in [0.25, 0.3) is 16.9 Å². The molecule has 2 heterocycles. The van der Waals surface area contributed by atoms with Gasteiger partial charge in [0.15, 0.2) is 5.65 Å². The minimum atomic E-state index is 0.0754. The molecule has 1 N–H and O–H groups in total. The molecule has 7 heteroatoms. The molecule has 0 aliphatic carbocycles. The molecule has 160 valence electrons. The van der Waals surface area contributed by atoms with Crippen molar-refractivity contribution < 1.29 is 14.3 Å². The van der Waals surface area contributed by atoms with Gasteiger partial charge < -0.3 is 14.8 Å². The Morgan fingerprint density at radius 3 is 2.67 bits per heavy atom. The van der Waals surface area contributed by atoms with Gasteiger partial charge in [0.05, 0.1) is 19.9 Å². The molecule has 0 aliphatic heterocycles. The van der Waals surface area contributed by atoms with E-state index in [1.807, 2.05) is 42.6 Å². The molecule has 0 unspecified atom stereocenters. The number of aromatic nitrogens is 3. The van der Waals surface area contributed by atoms with Crippen molar-refractivity contribution in [2.45, 2.75) is 46.5 Å². The first-order valence-corrected chi connectivity index (χ1v) is 10.3. The van der Waals surface area contributed by atoms with Crippen LogP contribution in [0.15, 0.2) is 24.3 Å². The van der Waals surface area contributed by atoms with Gasteiger partial charge >= 0.3 is 0 Å². The van der Waals surface area contributed by atoms with Crippen molar-refractivity contribution in [2.24, 2.45) is 0 Å². The van der Waals surface area contributed by atoms with Crippen molar-refractivity contribution in [3.63, 3.8) is 0 Å². The number of carbonyl (C=O) groups excluding carboxylic acids is 1. The van der Waals surface area contributed by atoms with E-state index in [0.717, 1.165) is 59.0 Å². The number of aryl methyl sites for hydroxylation is 2. The first-order valence-electron chi connectivity index (χ1n) is 10.3. The first-order chi connectivity index (χ1) is 14.5. The zero-order valence-electron chi connectivity index (χ0n) is 18.4. The number of hydrogen-bond donors (Lipinski definition) is 1. The molecule has 0 bridgehead atoms. The molecule has 0 spiro atoms. The standard InChI is InChI=1S/C23H30N4O3/c1-6-7-12-24-23(28)11-10-18-15(2)25-22-14-20(26-27(22)16(18)3)19-9-8-17(29-4)13-21(19)30-5/h8-9,13-14H,6-7,10-12H2,1-5H3,(H,24,28). The molecule has 7 nitrogen and oxygen atoms in total. The van der Waals surface area contributed by atoms with Crippen LogP contribution in [0.1, 0.15) is 43.1 Å². The second-order valence-corrected chi connectivity index (χ2v) is 7.33. The van der Waals surface area contributed by atoms with Crippen molar-refractivity contribution >= 4 is 11.6 Å². The Bertz CT molecular complexity index is 1040. The number of methoxy groups -OCH3 is 2. The van der Waals surface area contributed by atoms with E-state index in [0.29, 0.717) is 18.6 Å². The van der Waals surface area contributed by atoms with Gasteiger partial charge in [0, 0.05) is 42.0 Å². The average molecular weight is 411 g/mol. The normalized spacial score (nSPS) is 11.0. The summed E-state index contributed by atoms with van der Waals surface area (Å²) in [5.41, 5.74) is 5.40. The third-order valence-electron chi connectivity index (χ3n) is 5.30. The molecule has 0 fully saturated rings. The fourth-order valence-corrected chi connectivity index (χ4v) is 3.56. The highest BCUT2D eigenvalue weighted by Crippen LogP contribution is 2.33. The van der Waals surface area contributed by atoms with E-state index in [9.17, 15) is 4.79 Å². The Kier molecular flexibility index (Phi) is 6.92. The Morgan fingerprint density at radius 1 is 1.17 bits per heavy atom. The molecule has 3 aromatic rings. The van der Waals surface area contributed by atoms with Gasteiger partial charge in [-0.1, -0.05) is 13.3 Å². The van der Waals surface area contributed by atoms with E-state index < -0.39 is 0 Å². The summed E-state index contributed by atoms with van der Waals surface area (Å²) in [6.45, 7) is 6.85. The lowest BCUT2D eigenvalue weighted by Crippen LogP contribution is -2.24. The average Bonchev–Trinajstić information content (AvgIpc) is 3.17. The van der Waals surface area contributed by atoms with Crippen molar-refractivity contribution in [1.29, 1.82) is 0 Å². The lowest BCUT2D eigenvalue weighted by atomic mass is 10.1. The van der Waals surface area contributed by atoms with Crippen LogP contribution in [0.4, 0.5) is 0 Å². The summed E-state index contributed by atoms with van der Waals surface area (Å²) in [6.07, 6.45) is 3.15. The summed E-state index contributed by atoms with van der Waals surface area (Å²) in [7, 11) is 3.26. The van der Waals surface area contributed by atoms with Crippen LogP contribution in [0.5, 0.6) is 11.5 Å². The molecule has 30 heavy (non-hydrogen) atoms. The number of unbranched alkanes of at least 4 members (excludes halogenated alkanes) is 1. The van der Waals surface area contributed by atoms with Gasteiger partial charge in [-0.25, -0.2) is 9.50 Å². The summed E-state index contributed by atoms with van der Waals surface area (Å²) in [5, 5.41) is 7.74. The number of benzene rings is 1. The highest BCUT2D eigenvalue weighted by atomic mass is 16.5. The maximum atomic E-state index is 12.1. The Hall–Kier alpha value is -3.09. The van der Waals surface area contributed by atoms with Gasteiger partial charge in [0.25, 0.3) is 0 Å². The number of hydrogen-bond acceptors (Lipinski definition) is 5. The number of rotatable bonds is 9. The second kappa shape index (κ2) is 9.61. The summed E-state index contributed by atoms with van der Waals surface area (Å²) in [6, 6.07) is 7.61. The van der Waals surface area contributed by atoms with E-state index in [1.54, 1.807) is 14.2 Å². The summed E-state index contributed by atoms with van der Waals surface area (Å²) in [5.74, 6) is 1.49. The number of amides is 1. The van der Waals surface area contributed by atoms with Gasteiger partial charge in [-0.2, -0.15) is 5.10 Å². The summed E-state index contributed by atoms with van der Waals surface area (Å²) >= 11 is 0.